The first-order chi connectivity index (χ1) is 12.3. The Morgan fingerprint density at radius 2 is 1.96 bits per heavy atom. The highest BCUT2D eigenvalue weighted by molar-refractivity contribution is 9.10. The summed E-state index contributed by atoms with van der Waals surface area (Å²) in [5, 5.41) is 2.60. The molecule has 1 saturated heterocycles. The van der Waals surface area contributed by atoms with Gasteiger partial charge in [-0.25, -0.2) is 9.78 Å². The zero-order valence-electron chi connectivity index (χ0n) is 13.5. The molecule has 3 rings (SSSR count). The molecule has 2 amide bonds. The van der Waals surface area contributed by atoms with Crippen LogP contribution in [0.15, 0.2) is 47.1 Å². The van der Waals surface area contributed by atoms with Crippen LogP contribution in [0.1, 0.15) is 12.0 Å². The van der Waals surface area contributed by atoms with Gasteiger partial charge >= 0.3 is 12.2 Å². The average molecular weight is 430 g/mol. The molecule has 1 aliphatic heterocycles. The van der Waals surface area contributed by atoms with Gasteiger partial charge in [-0.15, -0.1) is 0 Å². The van der Waals surface area contributed by atoms with E-state index in [1.165, 1.54) is 12.1 Å². The van der Waals surface area contributed by atoms with Crippen LogP contribution in [-0.2, 0) is 6.18 Å². The van der Waals surface area contributed by atoms with Gasteiger partial charge in [-0.2, -0.15) is 13.2 Å². The van der Waals surface area contributed by atoms with Gasteiger partial charge in [0.15, 0.2) is 0 Å². The number of nitrogens with one attached hydrogen (secondary N) is 1. The van der Waals surface area contributed by atoms with Crippen molar-refractivity contribution in [2.75, 3.05) is 18.4 Å². The van der Waals surface area contributed by atoms with Crippen LogP contribution in [0.5, 0.6) is 5.88 Å². The molecule has 1 N–H and O–H groups in total. The Labute approximate surface area is 156 Å². The summed E-state index contributed by atoms with van der Waals surface area (Å²) in [5.74, 6) is 0.475. The third-order valence-corrected chi connectivity index (χ3v) is 4.35. The summed E-state index contributed by atoms with van der Waals surface area (Å²) in [4.78, 5) is 17.9. The molecule has 9 heteroatoms. The highest BCUT2D eigenvalue weighted by atomic mass is 79.9. The van der Waals surface area contributed by atoms with Gasteiger partial charge in [0.05, 0.1) is 12.1 Å². The molecule has 0 saturated carbocycles. The van der Waals surface area contributed by atoms with Crippen molar-refractivity contribution in [1.82, 2.24) is 9.88 Å². The number of rotatable bonds is 3. The van der Waals surface area contributed by atoms with E-state index in [-0.39, 0.29) is 12.1 Å². The first-order valence-corrected chi connectivity index (χ1v) is 8.62. The van der Waals surface area contributed by atoms with Crippen molar-refractivity contribution in [2.45, 2.75) is 18.7 Å². The van der Waals surface area contributed by atoms with Gasteiger partial charge in [0.2, 0.25) is 5.88 Å². The normalized spacial score (nSPS) is 17.2. The lowest BCUT2D eigenvalue weighted by molar-refractivity contribution is -0.137. The molecule has 0 unspecified atom stereocenters. The SMILES string of the molecule is O=C(Nc1ccc(C(F)(F)F)cc1)N1CC[C@H](Oc2ccc(Br)cn2)C1. The average Bonchev–Trinajstić information content (AvgIpc) is 3.05. The van der Waals surface area contributed by atoms with E-state index in [1.54, 1.807) is 17.2 Å². The Kier molecular flexibility index (Phi) is 5.36. The van der Waals surface area contributed by atoms with E-state index in [4.69, 9.17) is 4.74 Å². The second-order valence-electron chi connectivity index (χ2n) is 5.79. The number of halogens is 4. The van der Waals surface area contributed by atoms with E-state index < -0.39 is 11.7 Å². The van der Waals surface area contributed by atoms with Crippen LogP contribution in [0.2, 0.25) is 0 Å². The Balaban J connectivity index is 1.53. The number of carbonyl (C=O) groups is 1. The summed E-state index contributed by atoms with van der Waals surface area (Å²) in [6.07, 6.45) is -2.30. The van der Waals surface area contributed by atoms with Crippen LogP contribution < -0.4 is 10.1 Å². The van der Waals surface area contributed by atoms with Gasteiger partial charge in [0.25, 0.3) is 0 Å². The molecule has 1 aliphatic rings. The number of ether oxygens (including phenoxy) is 1. The lowest BCUT2D eigenvalue weighted by Crippen LogP contribution is -2.34. The quantitative estimate of drug-likeness (QED) is 0.778. The van der Waals surface area contributed by atoms with Crippen molar-refractivity contribution < 1.29 is 22.7 Å². The number of nitrogens with zero attached hydrogens (tertiary/aromatic N) is 2. The summed E-state index contributed by atoms with van der Waals surface area (Å²) < 4.78 is 44.2. The molecule has 0 aliphatic carbocycles. The lowest BCUT2D eigenvalue weighted by Gasteiger charge is -2.18. The van der Waals surface area contributed by atoms with Crippen LogP contribution in [0.4, 0.5) is 23.7 Å². The van der Waals surface area contributed by atoms with Crippen LogP contribution in [0, 0.1) is 0 Å². The zero-order chi connectivity index (χ0) is 18.7. The molecule has 2 heterocycles. The molecule has 0 spiro atoms. The number of aromatic nitrogens is 1. The number of benzene rings is 1. The summed E-state index contributed by atoms with van der Waals surface area (Å²) in [6, 6.07) is 7.50. The Morgan fingerprint density at radius 1 is 1.23 bits per heavy atom. The number of hydrogen-bond donors (Lipinski definition) is 1. The van der Waals surface area contributed by atoms with E-state index in [0.29, 0.717) is 31.1 Å². The van der Waals surface area contributed by atoms with Crippen molar-refractivity contribution in [3.8, 4) is 5.88 Å². The summed E-state index contributed by atoms with van der Waals surface area (Å²) in [6.45, 7) is 0.873. The molecule has 1 atom stereocenters. The van der Waals surface area contributed by atoms with Crippen molar-refractivity contribution >= 4 is 27.6 Å². The van der Waals surface area contributed by atoms with E-state index in [2.05, 4.69) is 26.2 Å². The fourth-order valence-corrected chi connectivity index (χ4v) is 2.79. The molecule has 0 bridgehead atoms. The molecule has 5 nitrogen and oxygen atoms in total. The molecule has 26 heavy (non-hydrogen) atoms. The van der Waals surface area contributed by atoms with Gasteiger partial charge in [-0.1, -0.05) is 0 Å². The summed E-state index contributed by atoms with van der Waals surface area (Å²) in [7, 11) is 0. The minimum atomic E-state index is -4.40. The molecule has 0 radical (unpaired) electrons. The second kappa shape index (κ2) is 7.53. The van der Waals surface area contributed by atoms with E-state index in [1.807, 2.05) is 6.07 Å². The number of hydrogen-bond acceptors (Lipinski definition) is 3. The first-order valence-electron chi connectivity index (χ1n) is 7.82. The number of anilines is 1. The van der Waals surface area contributed by atoms with Crippen LogP contribution in [0.3, 0.4) is 0 Å². The fraction of sp³-hybridized carbons (Fsp3) is 0.294. The van der Waals surface area contributed by atoms with Crippen LogP contribution >= 0.6 is 15.9 Å². The zero-order valence-corrected chi connectivity index (χ0v) is 15.0. The summed E-state index contributed by atoms with van der Waals surface area (Å²) in [5.41, 5.74) is -0.450. The minimum Gasteiger partial charge on any atom is -0.472 e. The first kappa shape index (κ1) is 18.5. The monoisotopic (exact) mass is 429 g/mol. The second-order valence-corrected chi connectivity index (χ2v) is 6.71. The number of pyridine rings is 1. The highest BCUT2D eigenvalue weighted by Gasteiger charge is 2.30. The number of alkyl halides is 3. The predicted molar refractivity (Wildman–Crippen MR) is 93.0 cm³/mol. The molecular weight excluding hydrogens is 415 g/mol. The Hall–Kier alpha value is -2.29. The molecule has 1 aromatic heterocycles. The van der Waals surface area contributed by atoms with Crippen molar-refractivity contribution in [2.24, 2.45) is 0 Å². The van der Waals surface area contributed by atoms with E-state index >= 15 is 0 Å². The third-order valence-electron chi connectivity index (χ3n) is 3.88. The van der Waals surface area contributed by atoms with Crippen molar-refractivity contribution in [3.63, 3.8) is 0 Å². The maximum Gasteiger partial charge on any atom is 0.416 e. The van der Waals surface area contributed by atoms with Crippen molar-refractivity contribution in [3.05, 3.63) is 52.6 Å². The lowest BCUT2D eigenvalue weighted by atomic mass is 10.2. The van der Waals surface area contributed by atoms with E-state index in [0.717, 1.165) is 16.6 Å². The van der Waals surface area contributed by atoms with Gasteiger partial charge in [0, 0.05) is 35.4 Å². The van der Waals surface area contributed by atoms with Crippen LogP contribution in [-0.4, -0.2) is 35.1 Å². The minimum absolute atomic E-state index is 0.179. The van der Waals surface area contributed by atoms with Crippen molar-refractivity contribution in [1.29, 1.82) is 0 Å². The maximum atomic E-state index is 12.6. The van der Waals surface area contributed by atoms with Gasteiger partial charge in [-0.05, 0) is 46.3 Å². The number of carbonyl (C=O) groups excluding carboxylic acids is 1. The van der Waals surface area contributed by atoms with Gasteiger partial charge in [0.1, 0.15) is 6.10 Å². The largest absolute Gasteiger partial charge is 0.472 e. The van der Waals surface area contributed by atoms with Gasteiger partial charge in [-0.3, -0.25) is 0 Å². The summed E-state index contributed by atoms with van der Waals surface area (Å²) >= 11 is 3.29. The molecular formula is C17H15BrF3N3O2. The molecule has 1 aromatic carbocycles. The van der Waals surface area contributed by atoms with Gasteiger partial charge < -0.3 is 15.0 Å². The Morgan fingerprint density at radius 3 is 2.58 bits per heavy atom. The topological polar surface area (TPSA) is 54.5 Å². The highest BCUT2D eigenvalue weighted by Crippen LogP contribution is 2.30. The maximum absolute atomic E-state index is 12.6. The fourth-order valence-electron chi connectivity index (χ4n) is 2.56. The predicted octanol–water partition coefficient (Wildman–Crippen LogP) is 4.55. The number of urea groups is 1. The third kappa shape index (κ3) is 4.66. The van der Waals surface area contributed by atoms with E-state index in [9.17, 15) is 18.0 Å². The smallest absolute Gasteiger partial charge is 0.416 e. The molecule has 138 valence electrons. The molecule has 1 fully saturated rings. The number of likely N-dealkylation sites (tertiary alicyclic amines) is 1. The standard InChI is InChI=1S/C17H15BrF3N3O2/c18-12-3-6-15(22-9-12)26-14-7-8-24(10-14)16(25)23-13-4-1-11(2-5-13)17(19,20)21/h1-6,9,14H,7-8,10H2,(H,23,25)/t14-/m0/s1. The molecule has 2 aromatic rings. The van der Waals surface area contributed by atoms with Crippen LogP contribution in [0.25, 0.3) is 0 Å². The number of amides is 2. The Bertz CT molecular complexity index is 766.